The Bertz CT molecular complexity index is 1230. The van der Waals surface area contributed by atoms with Crippen LogP contribution < -0.4 is 10.1 Å². The highest BCUT2D eigenvalue weighted by molar-refractivity contribution is 5.92. The third-order valence-corrected chi connectivity index (χ3v) is 4.76. The molecule has 4 aromatic rings. The van der Waals surface area contributed by atoms with E-state index in [0.29, 0.717) is 5.75 Å². The maximum Gasteiger partial charge on any atom is 0.416 e. The number of nitrogens with zero attached hydrogens (tertiary/aromatic N) is 2. The lowest BCUT2D eigenvalue weighted by atomic mass is 10.1. The van der Waals surface area contributed by atoms with Crippen LogP contribution in [0, 0.1) is 6.92 Å². The summed E-state index contributed by atoms with van der Waals surface area (Å²) >= 11 is 0. The van der Waals surface area contributed by atoms with Crippen LogP contribution in [0.2, 0.25) is 0 Å². The molecule has 5 nitrogen and oxygen atoms in total. The molecule has 2 aromatic carbocycles. The molecule has 172 valence electrons. The van der Waals surface area contributed by atoms with Crippen molar-refractivity contribution in [2.75, 3.05) is 11.9 Å². The van der Waals surface area contributed by atoms with Crippen molar-refractivity contribution in [1.29, 1.82) is 0 Å². The summed E-state index contributed by atoms with van der Waals surface area (Å²) in [5.41, 5.74) is 2.05. The Balaban J connectivity index is 0.00000149. The number of aryl methyl sites for hydroxylation is 1. The highest BCUT2D eigenvalue weighted by atomic mass is 19.4. The smallest absolute Gasteiger partial charge is 0.416 e. The number of hydrogen-bond acceptors (Lipinski definition) is 3. The molecule has 0 bridgehead atoms. The van der Waals surface area contributed by atoms with Gasteiger partial charge < -0.3 is 10.1 Å². The Morgan fingerprint density at radius 1 is 1.06 bits per heavy atom. The number of alkyl halides is 3. The zero-order chi connectivity index (χ0) is 24.0. The van der Waals surface area contributed by atoms with Crippen molar-refractivity contribution in [3.8, 4) is 17.0 Å². The second-order valence-corrected chi connectivity index (χ2v) is 6.96. The quantitative estimate of drug-likeness (QED) is 0.380. The summed E-state index contributed by atoms with van der Waals surface area (Å²) in [5, 5.41) is 2.43. The van der Waals surface area contributed by atoms with E-state index in [1.165, 1.54) is 19.1 Å². The summed E-state index contributed by atoms with van der Waals surface area (Å²) < 4.78 is 46.5. The zero-order valence-electron chi connectivity index (χ0n) is 18.5. The summed E-state index contributed by atoms with van der Waals surface area (Å²) in [4.78, 5) is 16.5. The first-order valence-corrected chi connectivity index (χ1v) is 10.4. The van der Waals surface area contributed by atoms with Crippen molar-refractivity contribution in [3.63, 3.8) is 0 Å². The van der Waals surface area contributed by atoms with E-state index >= 15 is 0 Å². The van der Waals surface area contributed by atoms with Gasteiger partial charge in [-0.15, -0.1) is 0 Å². The third kappa shape index (κ3) is 5.71. The van der Waals surface area contributed by atoms with Crippen molar-refractivity contribution >= 4 is 17.2 Å². The predicted molar refractivity (Wildman–Crippen MR) is 122 cm³/mol. The van der Waals surface area contributed by atoms with Crippen LogP contribution in [0.15, 0.2) is 73.1 Å². The molecule has 0 unspecified atom stereocenters. The molecule has 0 aliphatic rings. The maximum absolute atomic E-state index is 13.0. The Hall–Kier alpha value is -3.81. The average molecular weight is 455 g/mol. The molecule has 2 aromatic heterocycles. The number of amides is 1. The first-order chi connectivity index (χ1) is 15.8. The number of aromatic nitrogens is 2. The second kappa shape index (κ2) is 10.2. The number of rotatable bonds is 5. The number of carbonyl (C=O) groups excluding carboxylic acids is 1. The molecular formula is C25H24F3N3O2. The Morgan fingerprint density at radius 3 is 2.48 bits per heavy atom. The summed E-state index contributed by atoms with van der Waals surface area (Å²) in [6.45, 7) is 5.04. The van der Waals surface area contributed by atoms with E-state index in [1.807, 2.05) is 54.8 Å². The number of carbonyl (C=O) groups is 1. The molecule has 0 aliphatic carbocycles. The van der Waals surface area contributed by atoms with Gasteiger partial charge in [-0.05, 0) is 61.0 Å². The van der Waals surface area contributed by atoms with Crippen LogP contribution in [0.4, 0.5) is 18.9 Å². The first-order valence-electron chi connectivity index (χ1n) is 10.4. The van der Waals surface area contributed by atoms with Gasteiger partial charge in [0.05, 0.1) is 17.5 Å². The minimum absolute atomic E-state index is 0.0643. The number of nitrogens with one attached hydrogen (secondary N) is 1. The minimum Gasteiger partial charge on any atom is -0.484 e. The Labute approximate surface area is 189 Å². The second-order valence-electron chi connectivity index (χ2n) is 6.96. The van der Waals surface area contributed by atoms with Gasteiger partial charge in [0, 0.05) is 17.4 Å². The predicted octanol–water partition coefficient (Wildman–Crippen LogP) is 6.37. The maximum atomic E-state index is 13.0. The van der Waals surface area contributed by atoms with E-state index in [9.17, 15) is 18.0 Å². The SMILES string of the molecule is CC.Cc1ccc(NC(=O)COc2ccc(-c3cnc4ccccn34)cc2)cc1C(F)(F)F. The molecule has 1 amide bonds. The van der Waals surface area contributed by atoms with Gasteiger partial charge in [-0.2, -0.15) is 13.2 Å². The number of hydrogen-bond donors (Lipinski definition) is 1. The molecule has 0 fully saturated rings. The number of pyridine rings is 1. The van der Waals surface area contributed by atoms with E-state index in [-0.39, 0.29) is 17.9 Å². The van der Waals surface area contributed by atoms with E-state index < -0.39 is 17.6 Å². The summed E-state index contributed by atoms with van der Waals surface area (Å²) in [7, 11) is 0. The molecule has 0 aliphatic heterocycles. The number of ether oxygens (including phenoxy) is 1. The van der Waals surface area contributed by atoms with Gasteiger partial charge in [-0.3, -0.25) is 9.20 Å². The van der Waals surface area contributed by atoms with E-state index in [0.717, 1.165) is 23.0 Å². The van der Waals surface area contributed by atoms with Crippen LogP contribution in [0.5, 0.6) is 5.75 Å². The molecule has 8 heteroatoms. The van der Waals surface area contributed by atoms with Crippen LogP contribution in [-0.4, -0.2) is 21.9 Å². The van der Waals surface area contributed by atoms with Gasteiger partial charge in [0.25, 0.3) is 5.91 Å². The van der Waals surface area contributed by atoms with Crippen LogP contribution in [0.3, 0.4) is 0 Å². The third-order valence-electron chi connectivity index (χ3n) is 4.76. The van der Waals surface area contributed by atoms with Crippen LogP contribution in [0.25, 0.3) is 16.9 Å². The molecule has 33 heavy (non-hydrogen) atoms. The number of halogens is 3. The minimum atomic E-state index is -4.48. The highest BCUT2D eigenvalue weighted by Crippen LogP contribution is 2.33. The van der Waals surface area contributed by atoms with Gasteiger partial charge in [0.15, 0.2) is 6.61 Å². The number of benzene rings is 2. The Morgan fingerprint density at radius 2 is 1.79 bits per heavy atom. The number of fused-ring (bicyclic) bond motifs is 1. The first kappa shape index (κ1) is 23.8. The molecule has 4 rings (SSSR count). The molecule has 0 saturated heterocycles. The lowest BCUT2D eigenvalue weighted by Gasteiger charge is -2.13. The summed E-state index contributed by atoms with van der Waals surface area (Å²) in [6, 6.07) is 16.5. The monoisotopic (exact) mass is 455 g/mol. The molecular weight excluding hydrogens is 431 g/mol. The molecule has 1 N–H and O–H groups in total. The fraction of sp³-hybridized carbons (Fsp3) is 0.200. The normalized spacial score (nSPS) is 11.0. The molecule has 0 radical (unpaired) electrons. The van der Waals surface area contributed by atoms with Crippen molar-refractivity contribution in [1.82, 2.24) is 9.38 Å². The standard InChI is InChI=1S/C23H18F3N3O2.C2H6/c1-15-5-8-17(12-19(15)23(24,25)26)28-22(30)14-31-18-9-6-16(7-10-18)20-13-27-21-4-2-3-11-29(20)21;1-2/h2-13H,14H2,1H3,(H,28,30);1-2H3. The van der Waals surface area contributed by atoms with Gasteiger partial charge >= 0.3 is 6.18 Å². The lowest BCUT2D eigenvalue weighted by molar-refractivity contribution is -0.138. The highest BCUT2D eigenvalue weighted by Gasteiger charge is 2.32. The van der Waals surface area contributed by atoms with E-state index in [2.05, 4.69) is 10.3 Å². The Kier molecular flexibility index (Phi) is 7.37. The fourth-order valence-corrected chi connectivity index (χ4v) is 3.22. The van der Waals surface area contributed by atoms with Crippen molar-refractivity contribution in [3.05, 3.63) is 84.2 Å². The van der Waals surface area contributed by atoms with Crippen molar-refractivity contribution in [2.45, 2.75) is 26.9 Å². The van der Waals surface area contributed by atoms with Gasteiger partial charge in [0.1, 0.15) is 11.4 Å². The average Bonchev–Trinajstić information content (AvgIpc) is 3.24. The van der Waals surface area contributed by atoms with Crippen LogP contribution in [0.1, 0.15) is 25.0 Å². The number of imidazole rings is 1. The fourth-order valence-electron chi connectivity index (χ4n) is 3.22. The van der Waals surface area contributed by atoms with Crippen molar-refractivity contribution < 1.29 is 22.7 Å². The van der Waals surface area contributed by atoms with Crippen molar-refractivity contribution in [2.24, 2.45) is 0 Å². The lowest BCUT2D eigenvalue weighted by Crippen LogP contribution is -2.20. The van der Waals surface area contributed by atoms with Gasteiger partial charge in [0.2, 0.25) is 0 Å². The van der Waals surface area contributed by atoms with E-state index in [4.69, 9.17) is 4.74 Å². The molecule has 0 spiro atoms. The van der Waals surface area contributed by atoms with Crippen LogP contribution in [-0.2, 0) is 11.0 Å². The van der Waals surface area contributed by atoms with Crippen LogP contribution >= 0.6 is 0 Å². The molecule has 0 saturated carbocycles. The molecule has 2 heterocycles. The van der Waals surface area contributed by atoms with Gasteiger partial charge in [-0.1, -0.05) is 26.0 Å². The van der Waals surface area contributed by atoms with Gasteiger partial charge in [-0.25, -0.2) is 4.98 Å². The zero-order valence-corrected chi connectivity index (χ0v) is 18.5. The number of anilines is 1. The summed E-state index contributed by atoms with van der Waals surface area (Å²) in [5.74, 6) is -0.0876. The topological polar surface area (TPSA) is 55.6 Å². The largest absolute Gasteiger partial charge is 0.484 e. The van der Waals surface area contributed by atoms with E-state index in [1.54, 1.807) is 18.3 Å². The summed E-state index contributed by atoms with van der Waals surface area (Å²) in [6.07, 6.45) is -0.791. The molecule has 0 atom stereocenters.